The maximum absolute atomic E-state index is 12.7. The van der Waals surface area contributed by atoms with Crippen LogP contribution in [0.25, 0.3) is 0 Å². The molecule has 1 saturated heterocycles. The maximum atomic E-state index is 12.7. The molecule has 0 unspecified atom stereocenters. The van der Waals surface area contributed by atoms with Crippen molar-refractivity contribution < 1.29 is 22.7 Å². The van der Waals surface area contributed by atoms with Gasteiger partial charge < -0.3 is 10.5 Å². The van der Waals surface area contributed by atoms with Gasteiger partial charge in [-0.2, -0.15) is 0 Å². The van der Waals surface area contributed by atoms with E-state index in [1.165, 1.54) is 26.2 Å². The second kappa shape index (κ2) is 9.17. The van der Waals surface area contributed by atoms with E-state index in [0.717, 1.165) is 14.7 Å². The summed E-state index contributed by atoms with van der Waals surface area (Å²) in [5.74, 6) is -0.875. The zero-order chi connectivity index (χ0) is 23.6. The molecule has 0 amide bonds. The Morgan fingerprint density at radius 3 is 2.12 bits per heavy atom. The van der Waals surface area contributed by atoms with Crippen molar-refractivity contribution >= 4 is 11.6 Å². The Balaban J connectivity index is 1.56. The van der Waals surface area contributed by atoms with Gasteiger partial charge in [0.05, 0.1) is 6.54 Å². The number of nitrogens with two attached hydrogens (primary N) is 1. The second-order valence-electron chi connectivity index (χ2n) is 7.63. The topological polar surface area (TPSA) is 103 Å². The number of rotatable bonds is 6. The minimum atomic E-state index is -4.72. The minimum Gasteiger partial charge on any atom is -0.406 e. The third-order valence-electron chi connectivity index (χ3n) is 5.38. The number of hydrogen-bond donors (Lipinski definition) is 1. The van der Waals surface area contributed by atoms with Gasteiger partial charge in [0.1, 0.15) is 17.1 Å². The third kappa shape index (κ3) is 5.37. The van der Waals surface area contributed by atoms with Crippen molar-refractivity contribution in [2.45, 2.75) is 12.9 Å². The van der Waals surface area contributed by atoms with Crippen LogP contribution in [0.3, 0.4) is 0 Å². The number of benzene rings is 1. The highest BCUT2D eigenvalue weighted by atomic mass is 19.4. The fourth-order valence-electron chi connectivity index (χ4n) is 3.56. The number of nitrogen functional groups attached to an aromatic ring is 1. The fraction of sp³-hybridized carbons (Fsp3) is 0.450. The van der Waals surface area contributed by atoms with Crippen LogP contribution in [-0.4, -0.2) is 63.8 Å². The van der Waals surface area contributed by atoms with E-state index in [1.807, 2.05) is 4.90 Å². The molecule has 1 aliphatic heterocycles. The van der Waals surface area contributed by atoms with Gasteiger partial charge in [-0.1, -0.05) is 12.1 Å². The van der Waals surface area contributed by atoms with Gasteiger partial charge in [-0.05, 0) is 17.7 Å². The van der Waals surface area contributed by atoms with Crippen molar-refractivity contribution in [1.82, 2.24) is 18.9 Å². The molecule has 2 heterocycles. The molecule has 1 fully saturated rings. The molecule has 0 atom stereocenters. The molecule has 3 rings (SSSR count). The van der Waals surface area contributed by atoms with E-state index < -0.39 is 23.4 Å². The standard InChI is InChI=1S/C20H24F3N5O4/c1-25-17(24)16(18(30)26(2)19(25)31)15(29)12-28-9-7-27(8-10-28)11-13-3-5-14(6-4-13)32-20(21,22)23/h3-6H,7-12,24H2,1-2H3. The summed E-state index contributed by atoms with van der Waals surface area (Å²) < 4.78 is 42.5. The second-order valence-corrected chi connectivity index (χ2v) is 7.63. The summed E-state index contributed by atoms with van der Waals surface area (Å²) in [5, 5.41) is 0. The lowest BCUT2D eigenvalue weighted by molar-refractivity contribution is -0.274. The average Bonchev–Trinajstić information content (AvgIpc) is 2.73. The molecule has 0 aliphatic carbocycles. The summed E-state index contributed by atoms with van der Waals surface area (Å²) in [5.41, 5.74) is 5.17. The van der Waals surface area contributed by atoms with E-state index in [9.17, 15) is 27.6 Å². The Bertz CT molecular complexity index is 1100. The highest BCUT2D eigenvalue weighted by molar-refractivity contribution is 6.01. The van der Waals surface area contributed by atoms with Crippen molar-refractivity contribution in [2.24, 2.45) is 14.1 Å². The molecular formula is C20H24F3N5O4. The molecule has 174 valence electrons. The summed E-state index contributed by atoms with van der Waals surface area (Å²) in [4.78, 5) is 41.0. The van der Waals surface area contributed by atoms with Gasteiger partial charge in [0.15, 0.2) is 5.78 Å². The molecule has 0 saturated carbocycles. The summed E-state index contributed by atoms with van der Waals surface area (Å²) >= 11 is 0. The number of carbonyl (C=O) groups is 1. The van der Waals surface area contributed by atoms with Crippen LogP contribution in [0.2, 0.25) is 0 Å². The van der Waals surface area contributed by atoms with Crippen molar-refractivity contribution in [3.05, 3.63) is 56.2 Å². The lowest BCUT2D eigenvalue weighted by Gasteiger charge is -2.34. The number of halogens is 3. The van der Waals surface area contributed by atoms with Crippen LogP contribution < -0.4 is 21.7 Å². The highest BCUT2D eigenvalue weighted by Crippen LogP contribution is 2.23. The van der Waals surface area contributed by atoms with Crippen molar-refractivity contribution in [1.29, 1.82) is 0 Å². The molecule has 1 aromatic heterocycles. The van der Waals surface area contributed by atoms with E-state index >= 15 is 0 Å². The average molecular weight is 455 g/mol. The van der Waals surface area contributed by atoms with Gasteiger partial charge in [0.25, 0.3) is 5.56 Å². The number of Topliss-reactive ketones (excluding diaryl/α,β-unsaturated/α-hetero) is 1. The lowest BCUT2D eigenvalue weighted by atomic mass is 10.1. The first kappa shape index (κ1) is 23.5. The van der Waals surface area contributed by atoms with Crippen molar-refractivity contribution in [3.8, 4) is 5.75 Å². The first-order valence-corrected chi connectivity index (χ1v) is 9.84. The Labute approximate surface area is 181 Å². The summed E-state index contributed by atoms with van der Waals surface area (Å²) in [7, 11) is 2.69. The molecule has 0 radical (unpaired) electrons. The van der Waals surface area contributed by atoms with Gasteiger partial charge in [0, 0.05) is 46.8 Å². The fourth-order valence-corrected chi connectivity index (χ4v) is 3.56. The van der Waals surface area contributed by atoms with E-state index in [0.29, 0.717) is 32.7 Å². The number of anilines is 1. The van der Waals surface area contributed by atoms with Crippen LogP contribution in [0, 0.1) is 0 Å². The molecular weight excluding hydrogens is 431 g/mol. The zero-order valence-electron chi connectivity index (χ0n) is 17.7. The van der Waals surface area contributed by atoms with Crippen LogP contribution in [0.15, 0.2) is 33.9 Å². The van der Waals surface area contributed by atoms with E-state index in [1.54, 1.807) is 12.1 Å². The predicted octanol–water partition coefficient (Wildman–Crippen LogP) is 0.565. The quantitative estimate of drug-likeness (QED) is 0.635. The lowest BCUT2D eigenvalue weighted by Crippen LogP contribution is -2.48. The Kier molecular flexibility index (Phi) is 6.74. The largest absolute Gasteiger partial charge is 0.573 e. The van der Waals surface area contributed by atoms with Crippen LogP contribution in [0.1, 0.15) is 15.9 Å². The zero-order valence-corrected chi connectivity index (χ0v) is 17.7. The summed E-state index contributed by atoms with van der Waals surface area (Å²) in [6.07, 6.45) is -4.72. The normalized spacial score (nSPS) is 15.7. The Morgan fingerprint density at radius 1 is 1.00 bits per heavy atom. The SMILES string of the molecule is Cn1c(N)c(C(=O)CN2CCN(Cc3ccc(OC(F)(F)F)cc3)CC2)c(=O)n(C)c1=O. The smallest absolute Gasteiger partial charge is 0.406 e. The van der Waals surface area contributed by atoms with Gasteiger partial charge in [0.2, 0.25) is 0 Å². The Morgan fingerprint density at radius 2 is 1.56 bits per heavy atom. The van der Waals surface area contributed by atoms with Crippen LogP contribution >= 0.6 is 0 Å². The third-order valence-corrected chi connectivity index (χ3v) is 5.38. The number of alkyl halides is 3. The van der Waals surface area contributed by atoms with E-state index in [2.05, 4.69) is 9.64 Å². The molecule has 12 heteroatoms. The monoisotopic (exact) mass is 455 g/mol. The van der Waals surface area contributed by atoms with E-state index in [4.69, 9.17) is 5.73 Å². The molecule has 1 aromatic carbocycles. The van der Waals surface area contributed by atoms with Crippen molar-refractivity contribution in [2.75, 3.05) is 38.5 Å². The molecule has 1 aliphatic rings. The summed E-state index contributed by atoms with van der Waals surface area (Å²) in [6, 6.07) is 5.70. The highest BCUT2D eigenvalue weighted by Gasteiger charge is 2.31. The van der Waals surface area contributed by atoms with Crippen LogP contribution in [0.4, 0.5) is 19.0 Å². The number of hydrogen-bond acceptors (Lipinski definition) is 7. The van der Waals surface area contributed by atoms with Gasteiger partial charge in [-0.15, -0.1) is 13.2 Å². The van der Waals surface area contributed by atoms with Gasteiger partial charge in [-0.3, -0.25) is 28.5 Å². The molecule has 2 N–H and O–H groups in total. The number of carbonyl (C=O) groups excluding carboxylic acids is 1. The number of nitrogens with zero attached hydrogens (tertiary/aromatic N) is 4. The number of ether oxygens (including phenoxy) is 1. The number of ketones is 1. The minimum absolute atomic E-state index is 0.00500. The molecule has 9 nitrogen and oxygen atoms in total. The maximum Gasteiger partial charge on any atom is 0.573 e. The molecule has 0 spiro atoms. The number of aromatic nitrogens is 2. The predicted molar refractivity (Wildman–Crippen MR) is 111 cm³/mol. The van der Waals surface area contributed by atoms with Gasteiger partial charge >= 0.3 is 12.1 Å². The first-order valence-electron chi connectivity index (χ1n) is 9.84. The first-order chi connectivity index (χ1) is 15.0. The van der Waals surface area contributed by atoms with Crippen LogP contribution in [-0.2, 0) is 20.6 Å². The Hall–Kier alpha value is -3.12. The number of piperazine rings is 1. The molecule has 32 heavy (non-hydrogen) atoms. The van der Waals surface area contributed by atoms with Crippen LogP contribution in [0.5, 0.6) is 5.75 Å². The van der Waals surface area contributed by atoms with Crippen molar-refractivity contribution in [3.63, 3.8) is 0 Å². The van der Waals surface area contributed by atoms with E-state index in [-0.39, 0.29) is 23.7 Å². The molecule has 0 bridgehead atoms. The van der Waals surface area contributed by atoms with Gasteiger partial charge in [-0.25, -0.2) is 4.79 Å². The summed E-state index contributed by atoms with van der Waals surface area (Å²) in [6.45, 7) is 2.93. The molecule has 2 aromatic rings.